The van der Waals surface area contributed by atoms with Crippen LogP contribution in [0.1, 0.15) is 13.8 Å². The maximum atomic E-state index is 9.72. The van der Waals surface area contributed by atoms with Crippen LogP contribution in [0.4, 0.5) is 11.4 Å². The number of rotatable bonds is 6. The van der Waals surface area contributed by atoms with Crippen molar-refractivity contribution < 1.29 is 9.47 Å². The topological polar surface area (TPSA) is 69.9 Å². The van der Waals surface area contributed by atoms with E-state index in [1.54, 1.807) is 37.3 Å². The highest BCUT2D eigenvalue weighted by atomic mass is 127. The fourth-order valence-electron chi connectivity index (χ4n) is 2.48. The summed E-state index contributed by atoms with van der Waals surface area (Å²) in [5, 5.41) is 14.6. The molecule has 0 fully saturated rings. The molecule has 1 N–H and O–H groups in total. The average Bonchev–Trinajstić information content (AvgIpc) is 2.65. The van der Waals surface area contributed by atoms with Crippen LogP contribution < -0.4 is 19.8 Å². The first-order chi connectivity index (χ1) is 12.9. The number of nitriles is 1. The van der Waals surface area contributed by atoms with Crippen molar-refractivity contribution in [3.63, 3.8) is 0 Å². The number of ether oxygens (including phenoxy) is 2. The van der Waals surface area contributed by atoms with Crippen LogP contribution >= 0.6 is 34.2 Å². The number of halogens is 2. The molecule has 0 amide bonds. The lowest BCUT2D eigenvalue weighted by molar-refractivity contribution is 0.400. The van der Waals surface area contributed by atoms with E-state index in [1.165, 1.54) is 0 Å². The highest BCUT2D eigenvalue weighted by Gasteiger charge is 2.23. The zero-order valence-electron chi connectivity index (χ0n) is 15.5. The Hall–Kier alpha value is -2.18. The maximum absolute atomic E-state index is 9.72. The molecule has 0 aliphatic carbocycles. The number of benzene rings is 2. The van der Waals surface area contributed by atoms with Crippen LogP contribution in [0.5, 0.6) is 11.5 Å². The summed E-state index contributed by atoms with van der Waals surface area (Å²) in [6, 6.07) is 12.9. The largest absolute Gasteiger partial charge is 0.496 e. The van der Waals surface area contributed by atoms with Crippen LogP contribution in [0.2, 0.25) is 5.02 Å². The Morgan fingerprint density at radius 1 is 1.22 bits per heavy atom. The van der Waals surface area contributed by atoms with Crippen molar-refractivity contribution >= 4 is 51.4 Å². The third-order valence-electron chi connectivity index (χ3n) is 3.67. The lowest BCUT2D eigenvalue weighted by atomic mass is 10.2. The molecule has 2 rings (SSSR count). The van der Waals surface area contributed by atoms with Crippen molar-refractivity contribution in [3.05, 3.63) is 45.0 Å². The van der Waals surface area contributed by atoms with Gasteiger partial charge in [-0.25, -0.2) is 0 Å². The molecule has 27 heavy (non-hydrogen) atoms. The van der Waals surface area contributed by atoms with Gasteiger partial charge in [0.15, 0.2) is 0 Å². The van der Waals surface area contributed by atoms with Crippen LogP contribution in [-0.4, -0.2) is 26.1 Å². The number of nitrogens with zero attached hydrogens (tertiary/aromatic N) is 3. The standard InChI is InChI=1S/C19H20ClIN4O2/c1-12(2)25(16-10-17(26-3)15(21)9-18(16)27-4)19(11-22)24-23-14-7-5-6-13(20)8-14/h5-10,12,23H,1-4H3. The highest BCUT2D eigenvalue weighted by molar-refractivity contribution is 14.1. The molecule has 8 heteroatoms. The first-order valence-corrected chi connectivity index (χ1v) is 9.57. The van der Waals surface area contributed by atoms with Crippen molar-refractivity contribution in [1.82, 2.24) is 0 Å². The van der Waals surface area contributed by atoms with Gasteiger partial charge in [-0.2, -0.15) is 5.26 Å². The van der Waals surface area contributed by atoms with E-state index < -0.39 is 0 Å². The minimum atomic E-state index is -0.0526. The Balaban J connectivity index is 2.49. The Morgan fingerprint density at radius 3 is 2.48 bits per heavy atom. The molecule has 0 radical (unpaired) electrons. The van der Waals surface area contributed by atoms with E-state index in [0.717, 1.165) is 3.57 Å². The molecule has 0 aromatic heterocycles. The minimum absolute atomic E-state index is 0.0526. The van der Waals surface area contributed by atoms with Crippen LogP contribution in [0.3, 0.4) is 0 Å². The Morgan fingerprint density at radius 2 is 1.93 bits per heavy atom. The van der Waals surface area contributed by atoms with Gasteiger partial charge in [-0.15, -0.1) is 5.10 Å². The molecule has 0 saturated carbocycles. The number of amidine groups is 1. The van der Waals surface area contributed by atoms with Gasteiger partial charge in [-0.1, -0.05) is 17.7 Å². The molecule has 0 heterocycles. The fraction of sp³-hybridized carbons (Fsp3) is 0.263. The predicted molar refractivity (Wildman–Crippen MR) is 118 cm³/mol. The highest BCUT2D eigenvalue weighted by Crippen LogP contribution is 2.37. The molecule has 0 aliphatic heterocycles. The lowest BCUT2D eigenvalue weighted by Gasteiger charge is -2.28. The van der Waals surface area contributed by atoms with Crippen molar-refractivity contribution in [2.24, 2.45) is 5.10 Å². The number of hydrogen-bond donors (Lipinski definition) is 1. The van der Waals surface area contributed by atoms with Gasteiger partial charge in [-0.3, -0.25) is 5.43 Å². The van der Waals surface area contributed by atoms with Crippen LogP contribution in [0, 0.1) is 14.9 Å². The number of nitrogens with one attached hydrogen (secondary N) is 1. The van der Waals surface area contributed by atoms with E-state index in [2.05, 4.69) is 39.2 Å². The van der Waals surface area contributed by atoms with Crippen LogP contribution in [0.25, 0.3) is 0 Å². The van der Waals surface area contributed by atoms with Crippen LogP contribution in [0.15, 0.2) is 41.5 Å². The summed E-state index contributed by atoms with van der Waals surface area (Å²) in [5.41, 5.74) is 4.26. The molecule has 142 valence electrons. The smallest absolute Gasteiger partial charge is 0.232 e. The Bertz CT molecular complexity index is 880. The van der Waals surface area contributed by atoms with Crippen LogP contribution in [-0.2, 0) is 0 Å². The molecule has 6 nitrogen and oxygen atoms in total. The van der Waals surface area contributed by atoms with Gasteiger partial charge in [0, 0.05) is 17.1 Å². The SMILES string of the molecule is COc1cc(N(C(C#N)=NNc2cccc(Cl)c2)C(C)C)c(OC)cc1I. The van der Waals surface area contributed by atoms with Gasteiger partial charge in [0.2, 0.25) is 5.84 Å². The van der Waals surface area contributed by atoms with Crippen molar-refractivity contribution in [2.45, 2.75) is 19.9 Å². The quantitative estimate of drug-likeness (QED) is 0.259. The van der Waals surface area contributed by atoms with E-state index in [4.69, 9.17) is 21.1 Å². The molecule has 0 unspecified atom stereocenters. The van der Waals surface area contributed by atoms with Gasteiger partial charge < -0.3 is 14.4 Å². The van der Waals surface area contributed by atoms with Crippen molar-refractivity contribution in [3.8, 4) is 17.6 Å². The number of methoxy groups -OCH3 is 2. The first kappa shape index (κ1) is 21.1. The monoisotopic (exact) mass is 498 g/mol. The molecule has 0 spiro atoms. The van der Waals surface area contributed by atoms with Crippen molar-refractivity contribution in [2.75, 3.05) is 24.5 Å². The van der Waals surface area contributed by atoms with Gasteiger partial charge in [0.25, 0.3) is 0 Å². The second-order valence-electron chi connectivity index (χ2n) is 5.79. The Labute approximate surface area is 177 Å². The molecule has 0 aliphatic rings. The van der Waals surface area contributed by atoms with E-state index in [-0.39, 0.29) is 11.9 Å². The number of hydrazone groups is 1. The number of anilines is 2. The Kier molecular flexibility index (Phi) is 7.56. The number of hydrogen-bond acceptors (Lipinski definition) is 5. The zero-order valence-corrected chi connectivity index (χ0v) is 18.4. The fourth-order valence-corrected chi connectivity index (χ4v) is 3.33. The maximum Gasteiger partial charge on any atom is 0.232 e. The van der Waals surface area contributed by atoms with Gasteiger partial charge in [0.1, 0.15) is 17.6 Å². The molecule has 0 saturated heterocycles. The lowest BCUT2D eigenvalue weighted by Crippen LogP contribution is -2.37. The van der Waals surface area contributed by atoms with E-state index >= 15 is 0 Å². The van der Waals surface area contributed by atoms with Gasteiger partial charge in [0.05, 0.1) is 29.2 Å². The molecule has 2 aromatic rings. The van der Waals surface area contributed by atoms with Crippen molar-refractivity contribution in [1.29, 1.82) is 5.26 Å². The third-order valence-corrected chi connectivity index (χ3v) is 4.75. The second-order valence-corrected chi connectivity index (χ2v) is 7.39. The third kappa shape index (κ3) is 5.17. The predicted octanol–water partition coefficient (Wildman–Crippen LogP) is 5.13. The second kappa shape index (κ2) is 9.67. The summed E-state index contributed by atoms with van der Waals surface area (Å²) in [6.45, 7) is 3.94. The summed E-state index contributed by atoms with van der Waals surface area (Å²) in [5.74, 6) is 1.50. The molecule has 0 atom stereocenters. The average molecular weight is 499 g/mol. The van der Waals surface area contributed by atoms with E-state index in [9.17, 15) is 5.26 Å². The first-order valence-electron chi connectivity index (χ1n) is 8.11. The summed E-state index contributed by atoms with van der Waals surface area (Å²) >= 11 is 8.17. The van der Waals surface area contributed by atoms with E-state index in [0.29, 0.717) is 27.9 Å². The summed E-state index contributed by atoms with van der Waals surface area (Å²) < 4.78 is 11.9. The molecule has 0 bridgehead atoms. The molecular formula is C19H20ClIN4O2. The molecular weight excluding hydrogens is 479 g/mol. The molecule has 2 aromatic carbocycles. The van der Waals surface area contributed by atoms with Gasteiger partial charge in [-0.05, 0) is 60.7 Å². The summed E-state index contributed by atoms with van der Waals surface area (Å²) in [4.78, 5) is 1.79. The zero-order chi connectivity index (χ0) is 20.0. The van der Waals surface area contributed by atoms with Gasteiger partial charge >= 0.3 is 0 Å². The normalized spacial score (nSPS) is 11.1. The minimum Gasteiger partial charge on any atom is -0.496 e. The summed E-state index contributed by atoms with van der Waals surface area (Å²) in [7, 11) is 3.20. The summed E-state index contributed by atoms with van der Waals surface area (Å²) in [6.07, 6.45) is 0. The van der Waals surface area contributed by atoms with E-state index in [1.807, 2.05) is 32.0 Å².